The lowest BCUT2D eigenvalue weighted by Gasteiger charge is -2.27. The summed E-state index contributed by atoms with van der Waals surface area (Å²) in [6.07, 6.45) is 1.30. The molecule has 2 N–H and O–H groups in total. The molecule has 3 nitrogen and oxygen atoms in total. The van der Waals surface area contributed by atoms with E-state index in [1.54, 1.807) is 0 Å². The number of carbonyl (C=O) groups is 1. The van der Waals surface area contributed by atoms with Crippen LogP contribution in [0.5, 0.6) is 0 Å². The van der Waals surface area contributed by atoms with Crippen molar-refractivity contribution >= 4 is 21.9 Å². The standard InChI is InChI=1S/C7H11BrO3/c8-5-2-1-4(7(10)11)3-6(5)9/h4-6,9H,1-3H2,(H,10,11). The number of rotatable bonds is 1. The number of carboxylic acids is 1. The Labute approximate surface area is 73.5 Å². The van der Waals surface area contributed by atoms with E-state index >= 15 is 0 Å². The molecule has 1 rings (SSSR count). The van der Waals surface area contributed by atoms with Gasteiger partial charge in [-0.05, 0) is 19.3 Å². The molecule has 0 spiro atoms. The molecule has 64 valence electrons. The highest BCUT2D eigenvalue weighted by Gasteiger charge is 2.30. The lowest BCUT2D eigenvalue weighted by Crippen LogP contribution is -2.32. The number of aliphatic hydroxyl groups excluding tert-OH is 1. The molecule has 1 aliphatic rings. The van der Waals surface area contributed by atoms with Gasteiger partial charge in [0.1, 0.15) is 0 Å². The van der Waals surface area contributed by atoms with Crippen LogP contribution in [0.4, 0.5) is 0 Å². The van der Waals surface area contributed by atoms with E-state index in [9.17, 15) is 9.90 Å². The maximum Gasteiger partial charge on any atom is 0.306 e. The predicted octanol–water partition coefficient (Wildman–Crippen LogP) is 0.995. The predicted molar refractivity (Wildman–Crippen MR) is 43.7 cm³/mol. The molecule has 1 fully saturated rings. The van der Waals surface area contributed by atoms with Crippen LogP contribution in [-0.2, 0) is 4.79 Å². The highest BCUT2D eigenvalue weighted by atomic mass is 79.9. The Morgan fingerprint density at radius 1 is 1.45 bits per heavy atom. The second-order valence-electron chi connectivity index (χ2n) is 2.93. The molecule has 0 aliphatic heterocycles. The fraction of sp³-hybridized carbons (Fsp3) is 0.857. The molecule has 3 unspecified atom stereocenters. The van der Waals surface area contributed by atoms with Gasteiger partial charge in [-0.25, -0.2) is 0 Å². The fourth-order valence-corrected chi connectivity index (χ4v) is 1.81. The molecular formula is C7H11BrO3. The van der Waals surface area contributed by atoms with E-state index in [0.29, 0.717) is 12.8 Å². The van der Waals surface area contributed by atoms with E-state index in [-0.39, 0.29) is 10.7 Å². The third-order valence-electron chi connectivity index (χ3n) is 2.08. The Hall–Kier alpha value is -0.0900. The minimum atomic E-state index is -0.788. The summed E-state index contributed by atoms with van der Waals surface area (Å²) in [6.45, 7) is 0. The first kappa shape index (κ1) is 9.00. The van der Waals surface area contributed by atoms with Crippen LogP contribution in [0, 0.1) is 5.92 Å². The zero-order valence-electron chi connectivity index (χ0n) is 6.03. The van der Waals surface area contributed by atoms with Crippen molar-refractivity contribution in [3.8, 4) is 0 Å². The highest BCUT2D eigenvalue weighted by Crippen LogP contribution is 2.29. The van der Waals surface area contributed by atoms with Gasteiger partial charge in [0, 0.05) is 4.83 Å². The van der Waals surface area contributed by atoms with Gasteiger partial charge in [0.15, 0.2) is 0 Å². The monoisotopic (exact) mass is 222 g/mol. The van der Waals surface area contributed by atoms with Crippen LogP contribution in [0.1, 0.15) is 19.3 Å². The summed E-state index contributed by atoms with van der Waals surface area (Å²) in [6, 6.07) is 0. The SMILES string of the molecule is O=C(O)C1CCC(Br)C(O)C1. The molecule has 0 heterocycles. The Bertz CT molecular complexity index is 160. The van der Waals surface area contributed by atoms with Crippen LogP contribution in [0.25, 0.3) is 0 Å². The van der Waals surface area contributed by atoms with Crippen molar-refractivity contribution in [2.45, 2.75) is 30.2 Å². The molecule has 0 aromatic carbocycles. The zero-order valence-corrected chi connectivity index (χ0v) is 7.62. The Morgan fingerprint density at radius 2 is 2.09 bits per heavy atom. The Kier molecular flexibility index (Phi) is 2.90. The lowest BCUT2D eigenvalue weighted by atomic mass is 9.87. The summed E-state index contributed by atoms with van der Waals surface area (Å²) in [7, 11) is 0. The smallest absolute Gasteiger partial charge is 0.306 e. The lowest BCUT2D eigenvalue weighted by molar-refractivity contribution is -0.144. The quantitative estimate of drug-likeness (QED) is 0.652. The maximum atomic E-state index is 10.5. The van der Waals surface area contributed by atoms with Crippen LogP contribution in [0.15, 0.2) is 0 Å². The number of aliphatic hydroxyl groups is 1. The van der Waals surface area contributed by atoms with Crippen molar-refractivity contribution in [1.29, 1.82) is 0 Å². The van der Waals surface area contributed by atoms with Gasteiger partial charge < -0.3 is 10.2 Å². The number of hydrogen-bond acceptors (Lipinski definition) is 2. The summed E-state index contributed by atoms with van der Waals surface area (Å²) in [4.78, 5) is 10.6. The van der Waals surface area contributed by atoms with Gasteiger partial charge >= 0.3 is 5.97 Å². The van der Waals surface area contributed by atoms with Crippen LogP contribution in [0.2, 0.25) is 0 Å². The summed E-state index contributed by atoms with van der Waals surface area (Å²) in [5.41, 5.74) is 0. The molecule has 0 aromatic rings. The molecule has 0 amide bonds. The average molecular weight is 223 g/mol. The molecule has 0 radical (unpaired) electrons. The van der Waals surface area contributed by atoms with E-state index in [1.807, 2.05) is 0 Å². The summed E-state index contributed by atoms with van der Waals surface area (Å²) < 4.78 is 0. The average Bonchev–Trinajstić information content (AvgIpc) is 1.94. The number of hydrogen-bond donors (Lipinski definition) is 2. The molecular weight excluding hydrogens is 212 g/mol. The largest absolute Gasteiger partial charge is 0.481 e. The van der Waals surface area contributed by atoms with Crippen molar-refractivity contribution < 1.29 is 15.0 Å². The summed E-state index contributed by atoms with van der Waals surface area (Å²) in [5.74, 6) is -1.14. The van der Waals surface area contributed by atoms with Gasteiger partial charge in [0.25, 0.3) is 0 Å². The normalized spacial score (nSPS) is 38.5. The molecule has 0 saturated heterocycles. The van der Waals surface area contributed by atoms with Crippen molar-refractivity contribution in [3.05, 3.63) is 0 Å². The van der Waals surface area contributed by atoms with Crippen molar-refractivity contribution in [2.75, 3.05) is 0 Å². The van der Waals surface area contributed by atoms with Crippen LogP contribution in [0.3, 0.4) is 0 Å². The first-order valence-corrected chi connectivity index (χ1v) is 4.57. The van der Waals surface area contributed by atoms with Crippen LogP contribution >= 0.6 is 15.9 Å². The number of halogens is 1. The fourth-order valence-electron chi connectivity index (χ4n) is 1.33. The van der Waals surface area contributed by atoms with Crippen LogP contribution in [-0.4, -0.2) is 27.1 Å². The first-order valence-electron chi connectivity index (χ1n) is 3.66. The van der Waals surface area contributed by atoms with E-state index in [2.05, 4.69) is 15.9 Å². The maximum absolute atomic E-state index is 10.5. The first-order chi connectivity index (χ1) is 5.11. The van der Waals surface area contributed by atoms with E-state index in [0.717, 1.165) is 6.42 Å². The topological polar surface area (TPSA) is 57.5 Å². The van der Waals surface area contributed by atoms with Gasteiger partial charge in [0.05, 0.1) is 12.0 Å². The second-order valence-corrected chi connectivity index (χ2v) is 4.11. The Balaban J connectivity index is 2.46. The number of aliphatic carboxylic acids is 1. The van der Waals surface area contributed by atoms with E-state index in [1.165, 1.54) is 0 Å². The molecule has 3 atom stereocenters. The van der Waals surface area contributed by atoms with Crippen LogP contribution < -0.4 is 0 Å². The third kappa shape index (κ3) is 2.17. The molecule has 1 aliphatic carbocycles. The molecule has 0 aromatic heterocycles. The van der Waals surface area contributed by atoms with Crippen molar-refractivity contribution in [1.82, 2.24) is 0 Å². The van der Waals surface area contributed by atoms with Gasteiger partial charge in [-0.3, -0.25) is 4.79 Å². The van der Waals surface area contributed by atoms with Crippen molar-refractivity contribution in [2.24, 2.45) is 5.92 Å². The van der Waals surface area contributed by atoms with Gasteiger partial charge in [-0.2, -0.15) is 0 Å². The highest BCUT2D eigenvalue weighted by molar-refractivity contribution is 9.09. The van der Waals surface area contributed by atoms with Gasteiger partial charge in [-0.1, -0.05) is 15.9 Å². The number of alkyl halides is 1. The third-order valence-corrected chi connectivity index (χ3v) is 3.15. The zero-order chi connectivity index (χ0) is 8.43. The number of carboxylic acid groups (broad SMARTS) is 1. The second kappa shape index (κ2) is 3.54. The molecule has 1 saturated carbocycles. The van der Waals surface area contributed by atoms with E-state index in [4.69, 9.17) is 5.11 Å². The minimum absolute atomic E-state index is 0.0816. The summed E-state index contributed by atoms with van der Waals surface area (Å²) in [5, 5.41) is 17.9. The molecule has 11 heavy (non-hydrogen) atoms. The Morgan fingerprint density at radius 3 is 2.55 bits per heavy atom. The summed E-state index contributed by atoms with van der Waals surface area (Å²) >= 11 is 3.29. The van der Waals surface area contributed by atoms with Gasteiger partial charge in [0.2, 0.25) is 0 Å². The van der Waals surface area contributed by atoms with Crippen molar-refractivity contribution in [3.63, 3.8) is 0 Å². The minimum Gasteiger partial charge on any atom is -0.481 e. The van der Waals surface area contributed by atoms with E-state index < -0.39 is 12.1 Å². The van der Waals surface area contributed by atoms with Gasteiger partial charge in [-0.15, -0.1) is 0 Å². The molecule has 4 heteroatoms. The molecule has 0 bridgehead atoms.